The second kappa shape index (κ2) is 21.7. The Balaban J connectivity index is 0.000000188. The summed E-state index contributed by atoms with van der Waals surface area (Å²) < 4.78 is 0. The van der Waals surface area contributed by atoms with Crippen LogP contribution in [0.4, 0.5) is 0 Å². The third-order valence-electron chi connectivity index (χ3n) is 11.1. The fourth-order valence-electron chi connectivity index (χ4n) is 8.23. The Morgan fingerprint density at radius 2 is 0.787 bits per heavy atom. The van der Waals surface area contributed by atoms with Crippen molar-refractivity contribution in [3.63, 3.8) is 0 Å². The molecule has 0 heterocycles. The first-order valence-electron chi connectivity index (χ1n) is 20.0. The molecule has 11 aromatic rings. The summed E-state index contributed by atoms with van der Waals surface area (Å²) in [5.74, 6) is 0. The maximum Gasteiger partial charge on any atom is -0.171 e. The SMILES string of the molecule is CCc1cc(-c2cc3ccccc3[cH-]2)c2c(ccc3ccccc32)c1.CCc1cc(-c2cc3ccccc3[cH-]2)c2c(ccc3ccccc32)c1.[CH3-].[CH3-].[CH3-].[Si]=[Zr].[c-]1ccccc1. The predicted molar refractivity (Wildman–Crippen MR) is 269 cm³/mol. The maximum absolute atomic E-state index is 3.06. The number of aryl methyl sites for hydroxylation is 2. The third kappa shape index (κ3) is 9.95. The van der Waals surface area contributed by atoms with Crippen LogP contribution >= 0.6 is 0 Å². The van der Waals surface area contributed by atoms with Gasteiger partial charge in [0.2, 0.25) is 0 Å². The topological polar surface area (TPSA) is 0 Å². The molecule has 0 amide bonds. The number of benzene rings is 9. The van der Waals surface area contributed by atoms with E-state index < -0.39 is 0 Å². The van der Waals surface area contributed by atoms with Gasteiger partial charge in [0.05, 0.1) is 0 Å². The summed E-state index contributed by atoms with van der Waals surface area (Å²) in [5, 5.41) is 15.9. The quantitative estimate of drug-likeness (QED) is 0.0939. The molecule has 0 nitrogen and oxygen atoms in total. The van der Waals surface area contributed by atoms with Crippen molar-refractivity contribution in [3.8, 4) is 22.3 Å². The fourth-order valence-corrected chi connectivity index (χ4v) is 8.23. The summed E-state index contributed by atoms with van der Waals surface area (Å²) in [6.07, 6.45) is 2.10. The van der Waals surface area contributed by atoms with E-state index in [2.05, 4.69) is 197 Å². The van der Waals surface area contributed by atoms with Crippen LogP contribution in [-0.2, 0) is 36.2 Å². The molecule has 0 atom stereocenters. The largest absolute Gasteiger partial charge is 0.184 e. The molecule has 0 aromatic heterocycles. The van der Waals surface area contributed by atoms with E-state index in [4.69, 9.17) is 0 Å². The first kappa shape index (κ1) is 46.4. The van der Waals surface area contributed by atoms with Crippen molar-refractivity contribution in [1.82, 2.24) is 0 Å². The monoisotopic (exact) mass is 878 g/mol. The van der Waals surface area contributed by atoms with Crippen molar-refractivity contribution in [1.29, 1.82) is 0 Å². The molecule has 0 unspecified atom stereocenters. The van der Waals surface area contributed by atoms with E-state index in [0.29, 0.717) is 0 Å². The van der Waals surface area contributed by atoms with Gasteiger partial charge in [0, 0.05) is 0 Å². The smallest absolute Gasteiger partial charge is 0.171 e. The Labute approximate surface area is 380 Å². The second-order valence-corrected chi connectivity index (χ2v) is 14.6. The van der Waals surface area contributed by atoms with Gasteiger partial charge < -0.3 is 22.3 Å². The first-order valence-corrected chi connectivity index (χ1v) is 24.2. The molecule has 0 bridgehead atoms. The second-order valence-electron chi connectivity index (χ2n) is 14.6. The van der Waals surface area contributed by atoms with Gasteiger partial charge in [0.15, 0.2) is 0 Å². The minimum Gasteiger partial charge on any atom is -0.184 e. The van der Waals surface area contributed by atoms with E-state index in [9.17, 15) is 0 Å². The zero-order chi connectivity index (χ0) is 39.8. The van der Waals surface area contributed by atoms with Crippen LogP contribution in [0.3, 0.4) is 0 Å². The van der Waals surface area contributed by atoms with E-state index in [0.717, 1.165) is 12.8 Å². The Kier molecular flexibility index (Phi) is 16.5. The summed E-state index contributed by atoms with van der Waals surface area (Å²) in [6, 6.07) is 74.9. The summed E-state index contributed by atoms with van der Waals surface area (Å²) >= 11 is 1.36. The van der Waals surface area contributed by atoms with Gasteiger partial charge >= 0.3 is 30.2 Å². The summed E-state index contributed by atoms with van der Waals surface area (Å²) in [6.45, 7) is 7.52. The van der Waals surface area contributed by atoms with Crippen molar-refractivity contribution in [3.05, 3.63) is 240 Å². The van der Waals surface area contributed by atoms with Gasteiger partial charge in [-0.15, -0.1) is 69.1 Å². The Morgan fingerprint density at radius 1 is 0.410 bits per heavy atom. The standard InChI is InChI=1S/2C25H19.C6H5.3CH3.Si.Zr/c2*1-2-17-13-21-12-11-18-7-5-6-10-23(18)25(21)24(14-17)22-15-19-8-3-4-9-20(19)16-22;1-2-4-6-5-3-1;;;;;/h2*3-16H,2H2,1H3;1-5H;3*1H3;;/q6*-1;;. The van der Waals surface area contributed by atoms with Crippen molar-refractivity contribution in [2.45, 2.75) is 26.7 Å². The van der Waals surface area contributed by atoms with Crippen LogP contribution < -0.4 is 0 Å². The molecule has 2 radical (unpaired) electrons. The van der Waals surface area contributed by atoms with Crippen LogP contribution in [0.5, 0.6) is 0 Å². The van der Waals surface area contributed by atoms with E-state index in [-0.39, 0.29) is 22.3 Å². The van der Waals surface area contributed by atoms with Gasteiger partial charge in [-0.05, 0) is 55.9 Å². The van der Waals surface area contributed by atoms with Gasteiger partial charge in [-0.3, -0.25) is 0 Å². The molecule has 11 aromatic carbocycles. The van der Waals surface area contributed by atoms with Crippen LogP contribution in [0.25, 0.3) is 86.9 Å². The van der Waals surface area contributed by atoms with Crippen LogP contribution in [0.2, 0.25) is 0 Å². The van der Waals surface area contributed by atoms with Crippen molar-refractivity contribution < 1.29 is 23.3 Å². The molecule has 0 aliphatic heterocycles. The zero-order valence-electron chi connectivity index (χ0n) is 36.0. The van der Waals surface area contributed by atoms with E-state index in [1.54, 1.807) is 0 Å². The number of hydrogen-bond donors (Lipinski definition) is 0. The van der Waals surface area contributed by atoms with Crippen LogP contribution in [-0.4, -0.2) is 6.88 Å². The zero-order valence-corrected chi connectivity index (χ0v) is 39.4. The average molecular weight is 880 g/mol. The Hall–Kier alpha value is -5.66. The summed E-state index contributed by atoms with van der Waals surface area (Å²) in [7, 11) is 0. The average Bonchev–Trinajstić information content (AvgIpc) is 3.95. The number of rotatable bonds is 4. The Bertz CT molecular complexity index is 2840. The van der Waals surface area contributed by atoms with Gasteiger partial charge in [-0.1, -0.05) is 170 Å². The van der Waals surface area contributed by atoms with Gasteiger partial charge in [0.25, 0.3) is 0 Å². The minimum absolute atomic E-state index is 0. The summed E-state index contributed by atoms with van der Waals surface area (Å²) in [4.78, 5) is 0. The molecular weight excluding hydrogens is 828 g/mol. The van der Waals surface area contributed by atoms with Crippen molar-refractivity contribution in [2.24, 2.45) is 0 Å². The molecule has 0 saturated carbocycles. The molecule has 0 saturated heterocycles. The van der Waals surface area contributed by atoms with Gasteiger partial charge in [0.1, 0.15) is 0 Å². The molecule has 0 aliphatic carbocycles. The molecule has 2 heteroatoms. The minimum atomic E-state index is 0. The maximum atomic E-state index is 3.06. The molecule has 11 rings (SSSR count). The molecule has 0 spiro atoms. The van der Waals surface area contributed by atoms with E-state index in [1.165, 1.54) is 121 Å². The molecule has 302 valence electrons. The van der Waals surface area contributed by atoms with Crippen LogP contribution in [0.1, 0.15) is 25.0 Å². The predicted octanol–water partition coefficient (Wildman–Crippen LogP) is 16.6. The van der Waals surface area contributed by atoms with Crippen molar-refractivity contribution in [2.75, 3.05) is 0 Å². The molecular formula is C59H52SiZr-6. The summed E-state index contributed by atoms with van der Waals surface area (Å²) in [5.41, 5.74) is 8.12. The molecule has 0 aliphatic rings. The van der Waals surface area contributed by atoms with Crippen molar-refractivity contribution >= 4 is 71.5 Å². The van der Waals surface area contributed by atoms with Crippen LogP contribution in [0.15, 0.2) is 200 Å². The number of fused-ring (bicyclic) bond motifs is 8. The fraction of sp³-hybridized carbons (Fsp3) is 0.0678. The van der Waals surface area contributed by atoms with E-state index in [1.807, 2.05) is 30.3 Å². The first-order chi connectivity index (χ1) is 28.7. The van der Waals surface area contributed by atoms with E-state index >= 15 is 0 Å². The van der Waals surface area contributed by atoms with Gasteiger partial charge in [-0.25, -0.2) is 0 Å². The number of hydrogen-bond acceptors (Lipinski definition) is 0. The molecule has 0 N–H and O–H groups in total. The Morgan fingerprint density at radius 3 is 1.15 bits per heavy atom. The third-order valence-corrected chi connectivity index (χ3v) is 11.1. The van der Waals surface area contributed by atoms with Crippen LogP contribution in [0, 0.1) is 28.3 Å². The molecule has 61 heavy (non-hydrogen) atoms. The molecule has 0 fully saturated rings. The van der Waals surface area contributed by atoms with Gasteiger partial charge in [-0.2, -0.15) is 36.4 Å². The normalized spacial score (nSPS) is 10.3.